The van der Waals surface area contributed by atoms with E-state index in [-0.39, 0.29) is 24.4 Å². The molecule has 0 aliphatic heterocycles. The van der Waals surface area contributed by atoms with Gasteiger partial charge in [0, 0.05) is 17.3 Å². The number of hydrogen-bond donors (Lipinski definition) is 2. The summed E-state index contributed by atoms with van der Waals surface area (Å²) >= 11 is 0. The molecule has 4 nitrogen and oxygen atoms in total. The first-order chi connectivity index (χ1) is 10.1. The molecule has 0 fully saturated rings. The Morgan fingerprint density at radius 1 is 1.24 bits per heavy atom. The van der Waals surface area contributed by atoms with Gasteiger partial charge in [0.1, 0.15) is 11.6 Å². The minimum Gasteiger partial charge on any atom is -0.483 e. The Hall–Kier alpha value is -2.40. The number of anilines is 1. The normalized spacial score (nSPS) is 11.8. The zero-order valence-electron chi connectivity index (χ0n) is 11.7. The molecule has 5 heteroatoms. The Kier molecular flexibility index (Phi) is 4.90. The number of nitrogens with two attached hydrogens (primary N) is 1. The van der Waals surface area contributed by atoms with E-state index in [1.165, 1.54) is 24.3 Å². The lowest BCUT2D eigenvalue weighted by atomic mass is 10.1. The van der Waals surface area contributed by atoms with Crippen molar-refractivity contribution in [3.63, 3.8) is 0 Å². The average molecular weight is 288 g/mol. The van der Waals surface area contributed by atoms with Gasteiger partial charge in [-0.25, -0.2) is 4.39 Å². The second-order valence-corrected chi connectivity index (χ2v) is 4.67. The van der Waals surface area contributed by atoms with E-state index in [4.69, 9.17) is 10.5 Å². The number of rotatable bonds is 5. The van der Waals surface area contributed by atoms with Crippen LogP contribution in [0.3, 0.4) is 0 Å². The number of carbonyl (C=O) groups excluding carboxylic acids is 1. The van der Waals surface area contributed by atoms with Gasteiger partial charge in [0.05, 0.1) is 0 Å². The lowest BCUT2D eigenvalue weighted by Gasteiger charge is -2.13. The maximum Gasteiger partial charge on any atom is 0.262 e. The molecule has 0 unspecified atom stereocenters. The van der Waals surface area contributed by atoms with E-state index >= 15 is 0 Å². The smallest absolute Gasteiger partial charge is 0.262 e. The van der Waals surface area contributed by atoms with Gasteiger partial charge in [-0.1, -0.05) is 18.2 Å². The Labute approximate surface area is 122 Å². The van der Waals surface area contributed by atoms with Crippen LogP contribution in [0, 0.1) is 5.82 Å². The van der Waals surface area contributed by atoms with Crippen molar-refractivity contribution in [2.45, 2.75) is 13.0 Å². The van der Waals surface area contributed by atoms with Crippen LogP contribution < -0.4 is 15.8 Å². The van der Waals surface area contributed by atoms with Gasteiger partial charge in [-0.2, -0.15) is 0 Å². The van der Waals surface area contributed by atoms with Crippen molar-refractivity contribution >= 4 is 11.6 Å². The van der Waals surface area contributed by atoms with Gasteiger partial charge < -0.3 is 15.8 Å². The summed E-state index contributed by atoms with van der Waals surface area (Å²) in [5, 5.41) is 2.63. The first-order valence-electron chi connectivity index (χ1n) is 6.59. The molecule has 3 N–H and O–H groups in total. The zero-order chi connectivity index (χ0) is 15.2. The van der Waals surface area contributed by atoms with Gasteiger partial charge in [-0.3, -0.25) is 4.79 Å². The van der Waals surface area contributed by atoms with E-state index in [0.29, 0.717) is 11.4 Å². The van der Waals surface area contributed by atoms with Crippen LogP contribution in [0.4, 0.5) is 10.1 Å². The number of ether oxygens (including phenoxy) is 1. The number of nitrogens with one attached hydrogen (secondary N) is 1. The summed E-state index contributed by atoms with van der Waals surface area (Å²) in [7, 11) is 0. The molecule has 1 atom stereocenters. The largest absolute Gasteiger partial charge is 0.483 e. The van der Waals surface area contributed by atoms with E-state index in [9.17, 15) is 9.18 Å². The topological polar surface area (TPSA) is 64.3 Å². The van der Waals surface area contributed by atoms with Crippen LogP contribution in [-0.2, 0) is 4.79 Å². The summed E-state index contributed by atoms with van der Waals surface area (Å²) in [6.07, 6.45) is 0. The summed E-state index contributed by atoms with van der Waals surface area (Å²) < 4.78 is 18.3. The van der Waals surface area contributed by atoms with Crippen LogP contribution in [0.5, 0.6) is 5.75 Å². The minimum atomic E-state index is -0.352. The maximum atomic E-state index is 12.8. The van der Waals surface area contributed by atoms with Crippen molar-refractivity contribution in [2.24, 2.45) is 5.73 Å². The second-order valence-electron chi connectivity index (χ2n) is 4.67. The van der Waals surface area contributed by atoms with Crippen molar-refractivity contribution < 1.29 is 13.9 Å². The number of hydrogen-bond acceptors (Lipinski definition) is 3. The number of amides is 1. The Morgan fingerprint density at radius 2 is 1.90 bits per heavy atom. The Balaban J connectivity index is 1.94. The lowest BCUT2D eigenvalue weighted by molar-refractivity contribution is -0.118. The molecule has 2 rings (SSSR count). The van der Waals surface area contributed by atoms with Gasteiger partial charge in [0.15, 0.2) is 6.61 Å². The molecule has 0 bridgehead atoms. The molecule has 0 radical (unpaired) electrons. The summed E-state index contributed by atoms with van der Waals surface area (Å²) in [6.45, 7) is 1.71. The summed E-state index contributed by atoms with van der Waals surface area (Å²) in [5.41, 5.74) is 7.20. The van der Waals surface area contributed by atoms with E-state index in [1.54, 1.807) is 6.07 Å². The first kappa shape index (κ1) is 15.0. The molecular formula is C16H17FN2O2. The van der Waals surface area contributed by atoms with E-state index < -0.39 is 0 Å². The standard InChI is InChI=1S/C16H17FN2O2/c1-11(18)14-4-2-3-5-15(14)21-10-16(20)19-13-8-6-12(17)7-9-13/h2-9,11H,10,18H2,1H3,(H,19,20)/t11-/m0/s1. The van der Waals surface area contributed by atoms with Gasteiger partial charge in [0.2, 0.25) is 0 Å². The highest BCUT2D eigenvalue weighted by atomic mass is 19.1. The zero-order valence-corrected chi connectivity index (χ0v) is 11.7. The van der Waals surface area contributed by atoms with E-state index in [0.717, 1.165) is 5.56 Å². The summed E-state index contributed by atoms with van der Waals surface area (Å²) in [5.74, 6) is -0.0852. The van der Waals surface area contributed by atoms with Crippen molar-refractivity contribution in [3.8, 4) is 5.75 Å². The molecule has 110 valence electrons. The third-order valence-corrected chi connectivity index (χ3v) is 2.90. The van der Waals surface area contributed by atoms with Gasteiger partial charge in [0.25, 0.3) is 5.91 Å². The third-order valence-electron chi connectivity index (χ3n) is 2.90. The van der Waals surface area contributed by atoms with Gasteiger partial charge in [-0.05, 0) is 37.3 Å². The van der Waals surface area contributed by atoms with Crippen LogP contribution in [0.1, 0.15) is 18.5 Å². The molecule has 0 spiro atoms. The third kappa shape index (κ3) is 4.29. The highest BCUT2D eigenvalue weighted by Crippen LogP contribution is 2.23. The molecule has 0 heterocycles. The SMILES string of the molecule is C[C@H](N)c1ccccc1OCC(=O)Nc1ccc(F)cc1. The van der Waals surface area contributed by atoms with Crippen LogP contribution >= 0.6 is 0 Å². The predicted molar refractivity (Wildman–Crippen MR) is 79.6 cm³/mol. The molecule has 0 saturated heterocycles. The molecule has 1 amide bonds. The fourth-order valence-electron chi connectivity index (χ4n) is 1.86. The maximum absolute atomic E-state index is 12.8. The molecule has 0 aromatic heterocycles. The van der Waals surface area contributed by atoms with Crippen molar-refractivity contribution in [2.75, 3.05) is 11.9 Å². The van der Waals surface area contributed by atoms with Crippen LogP contribution in [-0.4, -0.2) is 12.5 Å². The van der Waals surface area contributed by atoms with Crippen molar-refractivity contribution in [1.29, 1.82) is 0 Å². The van der Waals surface area contributed by atoms with Crippen LogP contribution in [0.15, 0.2) is 48.5 Å². The van der Waals surface area contributed by atoms with E-state index in [2.05, 4.69) is 5.32 Å². The van der Waals surface area contributed by atoms with Crippen LogP contribution in [0.25, 0.3) is 0 Å². The number of carbonyl (C=O) groups is 1. The van der Waals surface area contributed by atoms with Gasteiger partial charge >= 0.3 is 0 Å². The molecular weight excluding hydrogens is 271 g/mol. The molecule has 2 aromatic carbocycles. The summed E-state index contributed by atoms with van der Waals surface area (Å²) in [6, 6.07) is 12.7. The lowest BCUT2D eigenvalue weighted by Crippen LogP contribution is -2.21. The number of para-hydroxylation sites is 1. The molecule has 0 aliphatic rings. The number of halogens is 1. The fourth-order valence-corrected chi connectivity index (χ4v) is 1.86. The molecule has 2 aromatic rings. The molecule has 0 saturated carbocycles. The number of benzene rings is 2. The molecule has 21 heavy (non-hydrogen) atoms. The van der Waals surface area contributed by atoms with Crippen LogP contribution in [0.2, 0.25) is 0 Å². The van der Waals surface area contributed by atoms with Crippen molar-refractivity contribution in [3.05, 3.63) is 59.9 Å². The summed E-state index contributed by atoms with van der Waals surface area (Å²) in [4.78, 5) is 11.8. The Morgan fingerprint density at radius 3 is 2.57 bits per heavy atom. The predicted octanol–water partition coefficient (Wildman–Crippen LogP) is 2.86. The first-order valence-corrected chi connectivity index (χ1v) is 6.59. The highest BCUT2D eigenvalue weighted by molar-refractivity contribution is 5.91. The highest BCUT2D eigenvalue weighted by Gasteiger charge is 2.09. The quantitative estimate of drug-likeness (QED) is 0.889. The Bertz CT molecular complexity index is 612. The fraction of sp³-hybridized carbons (Fsp3) is 0.188. The van der Waals surface area contributed by atoms with Gasteiger partial charge in [-0.15, -0.1) is 0 Å². The monoisotopic (exact) mass is 288 g/mol. The van der Waals surface area contributed by atoms with Crippen molar-refractivity contribution in [1.82, 2.24) is 0 Å². The minimum absolute atomic E-state index is 0.138. The average Bonchev–Trinajstić information content (AvgIpc) is 2.48. The molecule has 0 aliphatic carbocycles. The second kappa shape index (κ2) is 6.85. The van der Waals surface area contributed by atoms with E-state index in [1.807, 2.05) is 25.1 Å².